The largest absolute Gasteiger partial charge is 0.434 e. The molecular weight excluding hydrogens is 294 g/mol. The van der Waals surface area contributed by atoms with Crippen LogP contribution < -0.4 is 10.1 Å². The number of anilines is 1. The molecular formula is C15H22F2N2O3. The van der Waals surface area contributed by atoms with Gasteiger partial charge in [-0.3, -0.25) is 0 Å². The predicted octanol–water partition coefficient (Wildman–Crippen LogP) is 3.22. The van der Waals surface area contributed by atoms with Crippen LogP contribution in [0.2, 0.25) is 0 Å². The molecule has 0 aliphatic heterocycles. The summed E-state index contributed by atoms with van der Waals surface area (Å²) in [6, 6.07) is 4.18. The second kappa shape index (κ2) is 9.19. The van der Waals surface area contributed by atoms with Gasteiger partial charge in [0.05, 0.1) is 6.61 Å². The van der Waals surface area contributed by atoms with Gasteiger partial charge in [0.15, 0.2) is 0 Å². The Morgan fingerprint density at radius 3 is 2.73 bits per heavy atom. The van der Waals surface area contributed by atoms with E-state index in [-0.39, 0.29) is 24.9 Å². The van der Waals surface area contributed by atoms with Gasteiger partial charge in [0.1, 0.15) is 5.75 Å². The number of alkyl halides is 2. The van der Waals surface area contributed by atoms with Crippen molar-refractivity contribution in [1.82, 2.24) is 4.90 Å². The van der Waals surface area contributed by atoms with E-state index in [1.54, 1.807) is 19.1 Å². The van der Waals surface area contributed by atoms with Crippen molar-refractivity contribution in [1.29, 1.82) is 0 Å². The average Bonchev–Trinajstić information content (AvgIpc) is 2.46. The first-order valence-electron chi connectivity index (χ1n) is 7.20. The number of carbonyl (C=O) groups is 1. The van der Waals surface area contributed by atoms with Gasteiger partial charge in [-0.2, -0.15) is 8.78 Å². The lowest BCUT2D eigenvalue weighted by atomic mass is 10.2. The number of nitrogens with one attached hydrogen (secondary N) is 1. The Morgan fingerprint density at radius 1 is 1.41 bits per heavy atom. The fourth-order valence-corrected chi connectivity index (χ4v) is 1.89. The Morgan fingerprint density at radius 2 is 2.14 bits per heavy atom. The highest BCUT2D eigenvalue weighted by Gasteiger charge is 2.14. The Kier molecular flexibility index (Phi) is 7.59. The standard InChI is InChI=1S/C15H22F2N2O3/c1-3-4-7-19(8-9-20)15(21)18-12-6-5-11(2)13(10-12)22-14(16)17/h5-6,10,14,20H,3-4,7-9H2,1-2H3,(H,18,21). The second-order valence-electron chi connectivity index (χ2n) is 4.85. The molecule has 1 rings (SSSR count). The third kappa shape index (κ3) is 5.85. The summed E-state index contributed by atoms with van der Waals surface area (Å²) in [5.74, 6) is 0.0232. The minimum Gasteiger partial charge on any atom is -0.434 e. The van der Waals surface area contributed by atoms with Gasteiger partial charge >= 0.3 is 12.6 Å². The lowest BCUT2D eigenvalue weighted by molar-refractivity contribution is -0.0502. The van der Waals surface area contributed by atoms with Gasteiger partial charge in [-0.15, -0.1) is 0 Å². The Balaban J connectivity index is 2.77. The molecule has 7 heteroatoms. The number of hydrogen-bond acceptors (Lipinski definition) is 3. The number of benzene rings is 1. The van der Waals surface area contributed by atoms with Crippen LogP contribution in [-0.2, 0) is 0 Å². The minimum absolute atomic E-state index is 0.0232. The predicted molar refractivity (Wildman–Crippen MR) is 80.4 cm³/mol. The summed E-state index contributed by atoms with van der Waals surface area (Å²) in [4.78, 5) is 13.6. The van der Waals surface area contributed by atoms with Crippen LogP contribution in [-0.4, -0.2) is 42.3 Å². The molecule has 0 aromatic heterocycles. The summed E-state index contributed by atoms with van der Waals surface area (Å²) in [6.45, 7) is 1.34. The summed E-state index contributed by atoms with van der Waals surface area (Å²) in [5.41, 5.74) is 0.919. The van der Waals surface area contributed by atoms with Crippen molar-refractivity contribution in [2.45, 2.75) is 33.3 Å². The van der Waals surface area contributed by atoms with Crippen LogP contribution in [0.4, 0.5) is 19.3 Å². The number of amides is 2. The van der Waals surface area contributed by atoms with Crippen LogP contribution in [0, 0.1) is 6.92 Å². The molecule has 0 fully saturated rings. The lowest BCUT2D eigenvalue weighted by Crippen LogP contribution is -2.37. The molecule has 1 aromatic carbocycles. The smallest absolute Gasteiger partial charge is 0.387 e. The number of rotatable bonds is 8. The summed E-state index contributed by atoms with van der Waals surface area (Å²) < 4.78 is 29.0. The lowest BCUT2D eigenvalue weighted by Gasteiger charge is -2.22. The molecule has 0 aliphatic carbocycles. The third-order valence-corrected chi connectivity index (χ3v) is 3.09. The molecule has 0 atom stereocenters. The van der Waals surface area contributed by atoms with Gasteiger partial charge in [-0.25, -0.2) is 4.79 Å². The topological polar surface area (TPSA) is 61.8 Å². The van der Waals surface area contributed by atoms with E-state index >= 15 is 0 Å². The highest BCUT2D eigenvalue weighted by atomic mass is 19.3. The number of hydrogen-bond donors (Lipinski definition) is 2. The van der Waals surface area contributed by atoms with Crippen molar-refractivity contribution in [3.05, 3.63) is 23.8 Å². The molecule has 2 amide bonds. The number of aryl methyl sites for hydroxylation is 1. The number of aliphatic hydroxyl groups is 1. The summed E-state index contributed by atoms with van der Waals surface area (Å²) >= 11 is 0. The number of carbonyl (C=O) groups excluding carboxylic acids is 1. The van der Waals surface area contributed by atoms with E-state index in [9.17, 15) is 13.6 Å². The van der Waals surface area contributed by atoms with Gasteiger partial charge in [0.25, 0.3) is 0 Å². The maximum atomic E-state index is 12.3. The van der Waals surface area contributed by atoms with Gasteiger partial charge in [0, 0.05) is 24.8 Å². The molecule has 22 heavy (non-hydrogen) atoms. The highest BCUT2D eigenvalue weighted by Crippen LogP contribution is 2.24. The van der Waals surface area contributed by atoms with Crippen molar-refractivity contribution in [3.63, 3.8) is 0 Å². The zero-order valence-electron chi connectivity index (χ0n) is 12.8. The zero-order valence-corrected chi connectivity index (χ0v) is 12.8. The summed E-state index contributed by atoms with van der Waals surface area (Å²) in [6.07, 6.45) is 1.74. The molecule has 0 spiro atoms. The molecule has 2 N–H and O–H groups in total. The molecule has 0 bridgehead atoms. The molecule has 0 heterocycles. The monoisotopic (exact) mass is 316 g/mol. The van der Waals surface area contributed by atoms with Crippen molar-refractivity contribution >= 4 is 11.7 Å². The van der Waals surface area contributed by atoms with Crippen LogP contribution in [0.1, 0.15) is 25.3 Å². The molecule has 0 aliphatic rings. The fraction of sp³-hybridized carbons (Fsp3) is 0.533. The summed E-state index contributed by atoms with van der Waals surface area (Å²) in [5, 5.41) is 11.6. The maximum Gasteiger partial charge on any atom is 0.387 e. The Bertz CT molecular complexity index is 484. The normalized spacial score (nSPS) is 10.6. The first kappa shape index (κ1) is 18.2. The Labute approximate surface area is 128 Å². The maximum absolute atomic E-state index is 12.3. The first-order chi connectivity index (χ1) is 10.5. The number of unbranched alkanes of at least 4 members (excludes halogenated alkanes) is 1. The van der Waals surface area contributed by atoms with E-state index in [4.69, 9.17) is 5.11 Å². The number of nitrogens with zero attached hydrogens (tertiary/aromatic N) is 1. The average molecular weight is 316 g/mol. The first-order valence-corrected chi connectivity index (χ1v) is 7.20. The number of ether oxygens (including phenoxy) is 1. The SMILES string of the molecule is CCCCN(CCO)C(=O)Nc1ccc(C)c(OC(F)F)c1. The molecule has 1 aromatic rings. The van der Waals surface area contributed by atoms with Crippen LogP contribution in [0.3, 0.4) is 0 Å². The van der Waals surface area contributed by atoms with E-state index in [1.165, 1.54) is 11.0 Å². The van der Waals surface area contributed by atoms with E-state index in [0.717, 1.165) is 12.8 Å². The van der Waals surface area contributed by atoms with E-state index in [0.29, 0.717) is 17.8 Å². The Hall–Kier alpha value is -1.89. The van der Waals surface area contributed by atoms with Crippen LogP contribution >= 0.6 is 0 Å². The molecule has 0 unspecified atom stereocenters. The number of urea groups is 1. The third-order valence-electron chi connectivity index (χ3n) is 3.09. The molecule has 0 saturated heterocycles. The van der Waals surface area contributed by atoms with E-state index in [1.807, 2.05) is 6.92 Å². The van der Waals surface area contributed by atoms with Crippen LogP contribution in [0.25, 0.3) is 0 Å². The quantitative estimate of drug-likeness (QED) is 0.774. The van der Waals surface area contributed by atoms with Gasteiger partial charge in [-0.1, -0.05) is 19.4 Å². The highest BCUT2D eigenvalue weighted by molar-refractivity contribution is 5.89. The van der Waals surface area contributed by atoms with E-state index in [2.05, 4.69) is 10.1 Å². The molecule has 0 radical (unpaired) electrons. The van der Waals surface area contributed by atoms with Gasteiger partial charge in [-0.05, 0) is 25.0 Å². The van der Waals surface area contributed by atoms with E-state index < -0.39 is 6.61 Å². The second-order valence-corrected chi connectivity index (χ2v) is 4.85. The number of halogens is 2. The van der Waals surface area contributed by atoms with Crippen molar-refractivity contribution in [2.75, 3.05) is 25.0 Å². The van der Waals surface area contributed by atoms with Crippen molar-refractivity contribution < 1.29 is 23.4 Å². The van der Waals surface area contributed by atoms with Crippen molar-refractivity contribution in [2.24, 2.45) is 0 Å². The summed E-state index contributed by atoms with van der Waals surface area (Å²) in [7, 11) is 0. The zero-order chi connectivity index (χ0) is 16.5. The van der Waals surface area contributed by atoms with Gasteiger partial charge in [0.2, 0.25) is 0 Å². The number of aliphatic hydroxyl groups excluding tert-OH is 1. The molecule has 0 saturated carbocycles. The van der Waals surface area contributed by atoms with Gasteiger partial charge < -0.3 is 20.1 Å². The minimum atomic E-state index is -2.92. The van der Waals surface area contributed by atoms with Crippen LogP contribution in [0.5, 0.6) is 5.75 Å². The molecule has 5 nitrogen and oxygen atoms in total. The molecule has 124 valence electrons. The fourth-order valence-electron chi connectivity index (χ4n) is 1.89. The van der Waals surface area contributed by atoms with Crippen LogP contribution in [0.15, 0.2) is 18.2 Å². The van der Waals surface area contributed by atoms with Crippen molar-refractivity contribution in [3.8, 4) is 5.75 Å².